The maximum atomic E-state index is 12.9. The summed E-state index contributed by atoms with van der Waals surface area (Å²) in [5.41, 5.74) is 9.19. The number of thioether (sulfide) groups is 2. The summed E-state index contributed by atoms with van der Waals surface area (Å²) in [7, 11) is -1.53. The maximum absolute atomic E-state index is 12.9. The second kappa shape index (κ2) is 10.8. The number of nitrogens with zero attached hydrogens (tertiary/aromatic N) is 4. The molecule has 15 heteroatoms. The lowest BCUT2D eigenvalue weighted by molar-refractivity contribution is -0.150. The molecule has 3 rings (SSSR count). The van der Waals surface area contributed by atoms with Gasteiger partial charge in [0.2, 0.25) is 11.5 Å². The molecule has 11 nitrogen and oxygen atoms in total. The van der Waals surface area contributed by atoms with Gasteiger partial charge in [-0.25, -0.2) is 4.79 Å². The largest absolute Gasteiger partial charge is 0.477 e. The minimum Gasteiger partial charge on any atom is -0.477 e. The van der Waals surface area contributed by atoms with Crippen molar-refractivity contribution < 1.29 is 24.3 Å². The van der Waals surface area contributed by atoms with Gasteiger partial charge in [0.05, 0.1) is 0 Å². The number of anilines is 1. The van der Waals surface area contributed by atoms with Gasteiger partial charge < -0.3 is 21.0 Å². The fourth-order valence-electron chi connectivity index (χ4n) is 2.96. The van der Waals surface area contributed by atoms with Gasteiger partial charge in [-0.3, -0.25) is 14.5 Å². The first-order chi connectivity index (χ1) is 16.0. The molecule has 0 bridgehead atoms. The summed E-state index contributed by atoms with van der Waals surface area (Å²) in [6.45, 7) is 8.28. The van der Waals surface area contributed by atoms with Gasteiger partial charge in [-0.2, -0.15) is 9.36 Å². The first kappa shape index (κ1) is 26.1. The minimum atomic E-state index is -1.53. The quantitative estimate of drug-likeness (QED) is 0.144. The lowest BCUT2D eigenvalue weighted by Crippen LogP contribution is -2.71. The summed E-state index contributed by atoms with van der Waals surface area (Å²) in [4.78, 5) is 47.9. The average molecular weight is 541 g/mol. The number of nitrogens with one attached hydrogen (secondary N) is 1. The van der Waals surface area contributed by atoms with Gasteiger partial charge >= 0.3 is 5.97 Å². The molecular weight excluding hydrogens is 517 g/mol. The summed E-state index contributed by atoms with van der Waals surface area (Å²) >= 11 is 3.62. The van der Waals surface area contributed by atoms with Gasteiger partial charge in [-0.05, 0) is 17.7 Å². The molecule has 2 amide bonds. The number of nitrogen functional groups attached to an aromatic ring is 1. The third-order valence-electron chi connectivity index (χ3n) is 4.43. The van der Waals surface area contributed by atoms with Crippen molar-refractivity contribution in [2.24, 2.45) is 5.16 Å². The van der Waals surface area contributed by atoms with Crippen molar-refractivity contribution in [1.82, 2.24) is 19.6 Å². The molecule has 34 heavy (non-hydrogen) atoms. The van der Waals surface area contributed by atoms with Gasteiger partial charge in [0.25, 0.3) is 11.8 Å². The van der Waals surface area contributed by atoms with Crippen LogP contribution in [-0.2, 0) is 19.2 Å². The highest BCUT2D eigenvalue weighted by atomic mass is 32.2. The van der Waals surface area contributed by atoms with Crippen molar-refractivity contribution >= 4 is 71.8 Å². The van der Waals surface area contributed by atoms with Crippen LogP contribution in [-0.4, -0.2) is 80.5 Å². The predicted octanol–water partition coefficient (Wildman–Crippen LogP) is 1.17. The lowest BCUT2D eigenvalue weighted by atomic mass is 10.0. The zero-order valence-corrected chi connectivity index (χ0v) is 22.4. The Morgan fingerprint density at radius 3 is 2.76 bits per heavy atom. The number of nitrogens with two attached hydrogens (primary N) is 1. The molecule has 182 valence electrons. The number of fused-ring (bicyclic) bond motifs is 1. The van der Waals surface area contributed by atoms with Crippen LogP contribution in [0.3, 0.4) is 0 Å². The normalized spacial score (nSPS) is 20.2. The van der Waals surface area contributed by atoms with Crippen molar-refractivity contribution in [3.05, 3.63) is 17.1 Å². The minimum absolute atomic E-state index is 0.0155. The highest BCUT2D eigenvalue weighted by molar-refractivity contribution is 8.04. The Kier molecular flexibility index (Phi) is 8.28. The molecule has 0 radical (unpaired) electrons. The van der Waals surface area contributed by atoms with Crippen molar-refractivity contribution in [1.29, 1.82) is 0 Å². The number of oxime groups is 1. The molecule has 0 saturated carbocycles. The van der Waals surface area contributed by atoms with E-state index in [9.17, 15) is 19.5 Å². The van der Waals surface area contributed by atoms with E-state index < -0.39 is 37.3 Å². The van der Waals surface area contributed by atoms with Crippen LogP contribution in [0.15, 0.2) is 16.4 Å². The Bertz CT molecular complexity index is 1120. The van der Waals surface area contributed by atoms with Crippen LogP contribution in [0.1, 0.15) is 12.7 Å². The number of carbonyl (C=O) groups excluding carboxylic acids is 2. The van der Waals surface area contributed by atoms with Crippen LogP contribution in [0.2, 0.25) is 19.6 Å². The molecule has 1 aromatic heterocycles. The molecule has 1 fully saturated rings. The monoisotopic (exact) mass is 540 g/mol. The summed E-state index contributed by atoms with van der Waals surface area (Å²) in [5.74, 6) is -1.62. The van der Waals surface area contributed by atoms with E-state index in [0.717, 1.165) is 11.5 Å². The molecule has 0 spiro atoms. The van der Waals surface area contributed by atoms with E-state index in [-0.39, 0.29) is 29.0 Å². The first-order valence-corrected chi connectivity index (χ1v) is 16.5. The van der Waals surface area contributed by atoms with Crippen molar-refractivity contribution in [3.8, 4) is 10.8 Å². The second-order valence-corrected chi connectivity index (χ2v) is 15.6. The van der Waals surface area contributed by atoms with Crippen LogP contribution in [0, 0.1) is 10.8 Å². The average Bonchev–Trinajstić information content (AvgIpc) is 3.19. The van der Waals surface area contributed by atoms with Gasteiger partial charge in [-0.15, -0.1) is 17.3 Å². The number of carboxylic acid groups (broad SMARTS) is 1. The zero-order valence-electron chi connectivity index (χ0n) is 18.9. The molecule has 0 aliphatic carbocycles. The number of hydrogen-bond acceptors (Lipinski definition) is 11. The zero-order chi connectivity index (χ0) is 25.0. The van der Waals surface area contributed by atoms with E-state index in [1.165, 1.54) is 28.4 Å². The first-order valence-electron chi connectivity index (χ1n) is 10.2. The molecule has 2 aliphatic rings. The van der Waals surface area contributed by atoms with Crippen LogP contribution in [0.4, 0.5) is 5.13 Å². The lowest BCUT2D eigenvalue weighted by Gasteiger charge is -2.49. The fourth-order valence-corrected chi connectivity index (χ4v) is 6.87. The van der Waals surface area contributed by atoms with Gasteiger partial charge in [0, 0.05) is 23.0 Å². The number of amides is 2. The van der Waals surface area contributed by atoms with E-state index >= 15 is 0 Å². The number of aliphatic carboxylic acids is 1. The number of hydrogen-bond donors (Lipinski definition) is 3. The van der Waals surface area contributed by atoms with Crippen molar-refractivity contribution in [2.45, 2.75) is 38.0 Å². The van der Waals surface area contributed by atoms with Crippen LogP contribution in [0.25, 0.3) is 0 Å². The van der Waals surface area contributed by atoms with Crippen LogP contribution >= 0.6 is 35.1 Å². The molecule has 4 N–H and O–H groups in total. The molecule has 2 aliphatic heterocycles. The van der Waals surface area contributed by atoms with Crippen LogP contribution in [0.5, 0.6) is 0 Å². The van der Waals surface area contributed by atoms with E-state index in [1.54, 1.807) is 6.92 Å². The third kappa shape index (κ3) is 5.92. The Hall–Kier alpha value is -2.54. The topological polar surface area (TPSA) is 160 Å². The smallest absolute Gasteiger partial charge is 0.352 e. The number of carboxylic acids is 1. The van der Waals surface area contributed by atoms with Crippen molar-refractivity contribution in [3.63, 3.8) is 0 Å². The Morgan fingerprint density at radius 1 is 1.44 bits per heavy atom. The molecule has 1 unspecified atom stereocenters. The standard InChI is InChI=1S/C19H24N6O5S3Si/c1-5-30-23-11(14-22-19(20)33-24-14)15(26)21-12-16(27)25-13(18(28)29)10(9-32-17(12)25)8-31-6-7-34(2,3)4/h12,17H,5,8-9H2,1-4H3,(H,21,26)(H,28,29)(H2,20,22,24)/t12?,17-/m1/s1. The Morgan fingerprint density at radius 2 is 2.18 bits per heavy atom. The third-order valence-corrected chi connectivity index (χ3v) is 8.11. The van der Waals surface area contributed by atoms with Gasteiger partial charge in [0.1, 0.15) is 31.8 Å². The molecule has 3 heterocycles. The molecule has 0 aromatic carbocycles. The highest BCUT2D eigenvalue weighted by Gasteiger charge is 2.54. The number of aromatic nitrogens is 2. The van der Waals surface area contributed by atoms with Gasteiger partial charge in [-0.1, -0.05) is 36.6 Å². The maximum Gasteiger partial charge on any atom is 0.352 e. The van der Waals surface area contributed by atoms with E-state index in [4.69, 9.17) is 10.6 Å². The van der Waals surface area contributed by atoms with Gasteiger partial charge in [0.15, 0.2) is 5.13 Å². The van der Waals surface area contributed by atoms with Crippen molar-refractivity contribution in [2.75, 3.05) is 23.8 Å². The van der Waals surface area contributed by atoms with Crippen LogP contribution < -0.4 is 11.1 Å². The predicted molar refractivity (Wildman–Crippen MR) is 136 cm³/mol. The van der Waals surface area contributed by atoms with E-state index in [0.29, 0.717) is 17.1 Å². The second-order valence-electron chi connectivity index (χ2n) is 8.20. The molecule has 1 aromatic rings. The van der Waals surface area contributed by atoms with E-state index in [1.807, 2.05) is 0 Å². The summed E-state index contributed by atoms with van der Waals surface area (Å²) in [6.07, 6.45) is 0. The highest BCUT2D eigenvalue weighted by Crippen LogP contribution is 2.41. The fraction of sp³-hybridized carbons (Fsp3) is 0.474. The Balaban J connectivity index is 1.74. The van der Waals surface area contributed by atoms with E-state index in [2.05, 4.69) is 50.3 Å². The SMILES string of the molecule is CCON=C(C(=O)NC1C(=O)N2C(C(=O)O)=C(CSC#C[Si](C)(C)C)CS[C@H]12)c1nsc(N)n1. The number of β-lactam (4-membered cyclic amide) rings is 1. The summed E-state index contributed by atoms with van der Waals surface area (Å²) in [6, 6.07) is -0.921. The molecular formula is C19H24N6O5S3Si. The molecule has 2 atom stereocenters. The summed E-state index contributed by atoms with van der Waals surface area (Å²) in [5, 5.41) is 18.8. The summed E-state index contributed by atoms with van der Waals surface area (Å²) < 4.78 is 3.97. The Labute approximate surface area is 210 Å². The number of carbonyl (C=O) groups is 3. The molecule has 1 saturated heterocycles. The number of rotatable bonds is 8.